The Hall–Kier alpha value is -2.11. The van der Waals surface area contributed by atoms with Crippen LogP contribution in [0.1, 0.15) is 36.1 Å². The Balaban J connectivity index is 2.01. The van der Waals surface area contributed by atoms with E-state index in [2.05, 4.69) is 25.9 Å². The number of aromatic nitrogens is 2. The fourth-order valence-corrected chi connectivity index (χ4v) is 2.84. The van der Waals surface area contributed by atoms with Gasteiger partial charge in [0.1, 0.15) is 4.88 Å². The number of carbonyl (C=O) groups excluding carboxylic acids is 1. The summed E-state index contributed by atoms with van der Waals surface area (Å²) in [6.07, 6.45) is 0. The van der Waals surface area contributed by atoms with Crippen molar-refractivity contribution in [2.75, 3.05) is 0 Å². The Morgan fingerprint density at radius 1 is 1.21 bits per heavy atom. The minimum atomic E-state index is -0.388. The van der Waals surface area contributed by atoms with E-state index in [1.165, 1.54) is 11.3 Å². The van der Waals surface area contributed by atoms with Gasteiger partial charge in [-0.25, -0.2) is 9.48 Å². The van der Waals surface area contributed by atoms with Gasteiger partial charge in [-0.2, -0.15) is 5.10 Å². The topological polar surface area (TPSA) is 44.1 Å². The molecule has 1 aromatic carbocycles. The Kier molecular flexibility index (Phi) is 4.47. The first-order valence-corrected chi connectivity index (χ1v) is 8.72. The number of hydrogen-bond acceptors (Lipinski definition) is 4. The van der Waals surface area contributed by atoms with Gasteiger partial charge in [0.05, 0.1) is 11.4 Å². The van der Waals surface area contributed by atoms with E-state index < -0.39 is 0 Å². The van der Waals surface area contributed by atoms with Gasteiger partial charge >= 0.3 is 5.97 Å². The van der Waals surface area contributed by atoms with Gasteiger partial charge in [-0.3, -0.25) is 0 Å². The van der Waals surface area contributed by atoms with Crippen molar-refractivity contribution in [1.29, 1.82) is 0 Å². The number of halogens is 1. The first-order chi connectivity index (χ1) is 11.3. The second kappa shape index (κ2) is 6.42. The molecule has 0 bridgehead atoms. The Morgan fingerprint density at radius 3 is 2.50 bits per heavy atom. The summed E-state index contributed by atoms with van der Waals surface area (Å²) < 4.78 is 7.22. The lowest BCUT2D eigenvalue weighted by Crippen LogP contribution is -2.12. The van der Waals surface area contributed by atoms with Gasteiger partial charge in [-0.15, -0.1) is 11.3 Å². The van der Waals surface area contributed by atoms with Gasteiger partial charge in [-0.05, 0) is 35.7 Å². The second-order valence-electron chi connectivity index (χ2n) is 6.37. The van der Waals surface area contributed by atoms with E-state index in [0.29, 0.717) is 15.8 Å². The van der Waals surface area contributed by atoms with Crippen molar-refractivity contribution in [3.05, 3.63) is 63.4 Å². The molecule has 6 heteroatoms. The number of esters is 1. The quantitative estimate of drug-likeness (QED) is 0.610. The molecule has 2 heterocycles. The summed E-state index contributed by atoms with van der Waals surface area (Å²) in [7, 11) is 0. The summed E-state index contributed by atoms with van der Waals surface area (Å²) in [6, 6.07) is 12.6. The smallest absolute Gasteiger partial charge is 0.355 e. The average Bonchev–Trinajstić information content (AvgIpc) is 3.16. The summed E-state index contributed by atoms with van der Waals surface area (Å²) in [5.41, 5.74) is 1.46. The molecule has 3 aromatic rings. The molecule has 0 aliphatic heterocycles. The van der Waals surface area contributed by atoms with Crippen LogP contribution in [0, 0.1) is 0 Å². The average molecular weight is 361 g/mol. The maximum Gasteiger partial charge on any atom is 0.355 e. The molecule has 0 amide bonds. The number of carbonyl (C=O) groups is 1. The zero-order valence-corrected chi connectivity index (χ0v) is 15.2. The van der Waals surface area contributed by atoms with Gasteiger partial charge in [0.25, 0.3) is 0 Å². The van der Waals surface area contributed by atoms with Crippen LogP contribution >= 0.6 is 22.9 Å². The van der Waals surface area contributed by atoms with Crippen molar-refractivity contribution in [2.24, 2.45) is 0 Å². The summed E-state index contributed by atoms with van der Waals surface area (Å²) in [5.74, 6) is 0.00113. The standard InChI is InChI=1S/C18H17ClN2O2S/c1-18(2,3)15-11-16(23-17(22)14-5-4-10-24-14)21(20-15)13-8-6-12(19)7-9-13/h4-11H,1-3H3. The lowest BCUT2D eigenvalue weighted by atomic mass is 9.93. The molecule has 0 fully saturated rings. The first-order valence-electron chi connectivity index (χ1n) is 7.47. The Labute approximate surface area is 149 Å². The lowest BCUT2D eigenvalue weighted by molar-refractivity contribution is 0.0728. The number of hydrogen-bond donors (Lipinski definition) is 0. The van der Waals surface area contributed by atoms with E-state index >= 15 is 0 Å². The number of benzene rings is 1. The number of rotatable bonds is 3. The number of ether oxygens (including phenoxy) is 1. The fourth-order valence-electron chi connectivity index (χ4n) is 2.11. The van der Waals surface area contributed by atoms with Gasteiger partial charge in [0.15, 0.2) is 0 Å². The lowest BCUT2D eigenvalue weighted by Gasteiger charge is -2.13. The third kappa shape index (κ3) is 3.52. The maximum atomic E-state index is 12.3. The molecule has 0 unspecified atom stereocenters. The van der Waals surface area contributed by atoms with Crippen LogP contribution in [0.4, 0.5) is 0 Å². The molecular formula is C18H17ClN2O2S. The van der Waals surface area contributed by atoms with Crippen LogP contribution in [0.25, 0.3) is 5.69 Å². The molecule has 0 saturated heterocycles. The van der Waals surface area contributed by atoms with Crippen molar-refractivity contribution < 1.29 is 9.53 Å². The van der Waals surface area contributed by atoms with E-state index in [9.17, 15) is 4.79 Å². The highest BCUT2D eigenvalue weighted by molar-refractivity contribution is 7.12. The summed E-state index contributed by atoms with van der Waals surface area (Å²) in [6.45, 7) is 6.19. The molecule has 124 valence electrons. The number of nitrogens with zero attached hydrogens (tertiary/aromatic N) is 2. The molecule has 0 spiro atoms. The molecule has 3 rings (SSSR count). The van der Waals surface area contributed by atoms with Crippen molar-refractivity contribution in [2.45, 2.75) is 26.2 Å². The molecular weight excluding hydrogens is 344 g/mol. The predicted molar refractivity (Wildman–Crippen MR) is 96.6 cm³/mol. The van der Waals surface area contributed by atoms with E-state index in [0.717, 1.165) is 11.4 Å². The van der Waals surface area contributed by atoms with Gasteiger partial charge < -0.3 is 4.74 Å². The zero-order chi connectivity index (χ0) is 17.3. The molecule has 4 nitrogen and oxygen atoms in total. The molecule has 0 N–H and O–H groups in total. The van der Waals surface area contributed by atoms with Crippen LogP contribution in [-0.4, -0.2) is 15.7 Å². The Bertz CT molecular complexity index is 846. The molecule has 0 aliphatic rings. The molecule has 0 saturated carbocycles. The molecule has 0 radical (unpaired) electrons. The van der Waals surface area contributed by atoms with Crippen molar-refractivity contribution in [3.8, 4) is 11.6 Å². The van der Waals surface area contributed by atoms with Crippen LogP contribution in [0.3, 0.4) is 0 Å². The first kappa shape index (κ1) is 16.7. The molecule has 2 aromatic heterocycles. The van der Waals surface area contributed by atoms with Gasteiger partial charge in [-0.1, -0.05) is 38.4 Å². The third-order valence-corrected chi connectivity index (χ3v) is 4.54. The van der Waals surface area contributed by atoms with Crippen LogP contribution in [0.2, 0.25) is 5.02 Å². The largest absolute Gasteiger partial charge is 0.403 e. The highest BCUT2D eigenvalue weighted by Crippen LogP contribution is 2.28. The van der Waals surface area contributed by atoms with Crippen molar-refractivity contribution in [1.82, 2.24) is 9.78 Å². The van der Waals surface area contributed by atoms with Gasteiger partial charge in [0, 0.05) is 16.5 Å². The van der Waals surface area contributed by atoms with Crippen LogP contribution < -0.4 is 4.74 Å². The van der Waals surface area contributed by atoms with E-state index in [1.54, 1.807) is 28.9 Å². The van der Waals surface area contributed by atoms with Crippen LogP contribution in [-0.2, 0) is 5.41 Å². The zero-order valence-electron chi connectivity index (χ0n) is 13.6. The predicted octanol–water partition coefficient (Wildman–Crippen LogP) is 5.10. The normalized spacial score (nSPS) is 11.5. The van der Waals surface area contributed by atoms with E-state index in [1.807, 2.05) is 23.6 Å². The minimum absolute atomic E-state index is 0.165. The van der Waals surface area contributed by atoms with E-state index in [4.69, 9.17) is 16.3 Å². The highest BCUT2D eigenvalue weighted by Gasteiger charge is 2.23. The highest BCUT2D eigenvalue weighted by atomic mass is 35.5. The van der Waals surface area contributed by atoms with Crippen molar-refractivity contribution in [3.63, 3.8) is 0 Å². The summed E-state index contributed by atoms with van der Waals surface area (Å²) in [5, 5.41) is 7.09. The molecule has 0 atom stereocenters. The summed E-state index contributed by atoms with van der Waals surface area (Å²) in [4.78, 5) is 12.8. The third-order valence-electron chi connectivity index (χ3n) is 3.44. The van der Waals surface area contributed by atoms with Gasteiger partial charge in [0.2, 0.25) is 5.88 Å². The van der Waals surface area contributed by atoms with E-state index in [-0.39, 0.29) is 11.4 Å². The van der Waals surface area contributed by atoms with Crippen LogP contribution in [0.15, 0.2) is 47.8 Å². The fraction of sp³-hybridized carbons (Fsp3) is 0.222. The van der Waals surface area contributed by atoms with Crippen molar-refractivity contribution >= 4 is 28.9 Å². The molecule has 0 aliphatic carbocycles. The maximum absolute atomic E-state index is 12.3. The van der Waals surface area contributed by atoms with Crippen LogP contribution in [0.5, 0.6) is 5.88 Å². The Morgan fingerprint density at radius 2 is 1.92 bits per heavy atom. The minimum Gasteiger partial charge on any atom is -0.403 e. The molecule has 24 heavy (non-hydrogen) atoms. The monoisotopic (exact) mass is 360 g/mol. The number of thiophene rings is 1. The second-order valence-corrected chi connectivity index (χ2v) is 7.76. The summed E-state index contributed by atoms with van der Waals surface area (Å²) >= 11 is 7.30. The SMILES string of the molecule is CC(C)(C)c1cc(OC(=O)c2cccs2)n(-c2ccc(Cl)cc2)n1.